The number of rotatable bonds is 6. The van der Waals surface area contributed by atoms with Crippen molar-refractivity contribution in [3.63, 3.8) is 0 Å². The molecule has 5 nitrogen and oxygen atoms in total. The van der Waals surface area contributed by atoms with Crippen LogP contribution in [0.1, 0.15) is 12.5 Å². The number of anilines is 2. The molecule has 2 heterocycles. The standard InChI is InChI=1S/C19H20N4OS/c1-2-24-17-10-8-16(9-11-17)22-12-13-23-18(22)20-21-19(23)25-14-15-6-4-3-5-7-15/h3-11H,2,12-14H2,1H3. The number of benzene rings is 2. The van der Waals surface area contributed by atoms with Gasteiger partial charge in [-0.15, -0.1) is 10.2 Å². The van der Waals surface area contributed by atoms with E-state index in [0.29, 0.717) is 6.61 Å². The molecule has 4 rings (SSSR count). The topological polar surface area (TPSA) is 43.2 Å². The molecule has 128 valence electrons. The van der Waals surface area contributed by atoms with Crippen molar-refractivity contribution in [2.24, 2.45) is 0 Å². The molecule has 1 aromatic heterocycles. The fourth-order valence-corrected chi connectivity index (χ4v) is 3.85. The second-order valence-corrected chi connectivity index (χ2v) is 6.73. The van der Waals surface area contributed by atoms with E-state index in [2.05, 4.69) is 56.1 Å². The summed E-state index contributed by atoms with van der Waals surface area (Å²) in [5.41, 5.74) is 2.42. The van der Waals surface area contributed by atoms with Crippen LogP contribution in [-0.4, -0.2) is 27.9 Å². The average Bonchev–Trinajstić information content (AvgIpc) is 3.24. The van der Waals surface area contributed by atoms with Crippen LogP contribution in [0.3, 0.4) is 0 Å². The lowest BCUT2D eigenvalue weighted by atomic mass is 10.2. The quantitative estimate of drug-likeness (QED) is 0.624. The van der Waals surface area contributed by atoms with Crippen molar-refractivity contribution < 1.29 is 4.74 Å². The molecule has 0 amide bonds. The first kappa shape index (κ1) is 16.0. The summed E-state index contributed by atoms with van der Waals surface area (Å²) in [6.07, 6.45) is 0. The zero-order chi connectivity index (χ0) is 17.1. The van der Waals surface area contributed by atoms with Crippen molar-refractivity contribution in [2.75, 3.05) is 18.1 Å². The molecule has 1 aliphatic heterocycles. The van der Waals surface area contributed by atoms with Crippen LogP contribution in [-0.2, 0) is 12.3 Å². The molecule has 0 spiro atoms. The molecule has 0 bridgehead atoms. The van der Waals surface area contributed by atoms with Gasteiger partial charge in [0.05, 0.1) is 6.61 Å². The predicted octanol–water partition coefficient (Wildman–Crippen LogP) is 4.12. The van der Waals surface area contributed by atoms with Crippen LogP contribution in [0.5, 0.6) is 5.75 Å². The zero-order valence-electron chi connectivity index (χ0n) is 14.1. The van der Waals surface area contributed by atoms with E-state index in [4.69, 9.17) is 4.74 Å². The number of aromatic nitrogens is 3. The lowest BCUT2D eigenvalue weighted by molar-refractivity contribution is 0.340. The molecule has 25 heavy (non-hydrogen) atoms. The maximum absolute atomic E-state index is 5.52. The van der Waals surface area contributed by atoms with Gasteiger partial charge in [-0.2, -0.15) is 0 Å². The summed E-state index contributed by atoms with van der Waals surface area (Å²) in [5, 5.41) is 9.78. The number of nitrogens with zero attached hydrogens (tertiary/aromatic N) is 4. The molecule has 0 saturated carbocycles. The van der Waals surface area contributed by atoms with Gasteiger partial charge in [-0.1, -0.05) is 42.1 Å². The van der Waals surface area contributed by atoms with E-state index in [-0.39, 0.29) is 0 Å². The third-order valence-corrected chi connectivity index (χ3v) is 5.19. The highest BCUT2D eigenvalue weighted by atomic mass is 32.2. The zero-order valence-corrected chi connectivity index (χ0v) is 14.9. The number of hydrogen-bond acceptors (Lipinski definition) is 5. The molecule has 0 saturated heterocycles. The first-order valence-corrected chi connectivity index (χ1v) is 9.44. The van der Waals surface area contributed by atoms with Gasteiger partial charge in [-0.05, 0) is 36.8 Å². The van der Waals surface area contributed by atoms with Crippen molar-refractivity contribution in [3.8, 4) is 5.75 Å². The van der Waals surface area contributed by atoms with E-state index in [9.17, 15) is 0 Å². The summed E-state index contributed by atoms with van der Waals surface area (Å²) < 4.78 is 7.71. The minimum absolute atomic E-state index is 0.680. The Labute approximate surface area is 151 Å². The molecular weight excluding hydrogens is 332 g/mol. The number of ether oxygens (including phenoxy) is 1. The fraction of sp³-hybridized carbons (Fsp3) is 0.263. The molecule has 0 fully saturated rings. The van der Waals surface area contributed by atoms with Gasteiger partial charge in [0.1, 0.15) is 5.75 Å². The number of thioether (sulfide) groups is 1. The van der Waals surface area contributed by atoms with Gasteiger partial charge in [0, 0.05) is 24.5 Å². The lowest BCUT2D eigenvalue weighted by Crippen LogP contribution is -2.14. The van der Waals surface area contributed by atoms with Gasteiger partial charge in [-0.3, -0.25) is 4.57 Å². The van der Waals surface area contributed by atoms with Crippen LogP contribution in [0.4, 0.5) is 11.6 Å². The predicted molar refractivity (Wildman–Crippen MR) is 101 cm³/mol. The second-order valence-electron chi connectivity index (χ2n) is 5.79. The minimum atomic E-state index is 0.680. The molecular formula is C19H20N4OS. The Bertz CT molecular complexity index is 832. The van der Waals surface area contributed by atoms with Gasteiger partial charge < -0.3 is 9.64 Å². The second kappa shape index (κ2) is 7.19. The van der Waals surface area contributed by atoms with Gasteiger partial charge in [-0.25, -0.2) is 0 Å². The van der Waals surface area contributed by atoms with E-state index in [1.54, 1.807) is 11.8 Å². The van der Waals surface area contributed by atoms with E-state index < -0.39 is 0 Å². The Balaban J connectivity index is 1.49. The lowest BCUT2D eigenvalue weighted by Gasteiger charge is -2.15. The largest absolute Gasteiger partial charge is 0.494 e. The highest BCUT2D eigenvalue weighted by Gasteiger charge is 2.26. The number of hydrogen-bond donors (Lipinski definition) is 0. The summed E-state index contributed by atoms with van der Waals surface area (Å²) in [7, 11) is 0. The Morgan fingerprint density at radius 2 is 1.80 bits per heavy atom. The normalized spacial score (nSPS) is 13.1. The summed E-state index contributed by atoms with van der Waals surface area (Å²) in [4.78, 5) is 2.20. The van der Waals surface area contributed by atoms with E-state index in [1.807, 2.05) is 25.1 Å². The molecule has 6 heteroatoms. The summed E-state index contributed by atoms with van der Waals surface area (Å²) in [6, 6.07) is 18.6. The van der Waals surface area contributed by atoms with Crippen molar-refractivity contribution in [2.45, 2.75) is 24.4 Å². The Morgan fingerprint density at radius 1 is 1.00 bits per heavy atom. The average molecular weight is 352 g/mol. The third-order valence-electron chi connectivity index (χ3n) is 4.16. The number of fused-ring (bicyclic) bond motifs is 1. The summed E-state index contributed by atoms with van der Waals surface area (Å²) >= 11 is 1.73. The van der Waals surface area contributed by atoms with Crippen LogP contribution in [0.25, 0.3) is 0 Å². The van der Waals surface area contributed by atoms with Crippen LogP contribution in [0.2, 0.25) is 0 Å². The van der Waals surface area contributed by atoms with Crippen LogP contribution in [0, 0.1) is 0 Å². The maximum atomic E-state index is 5.52. The monoisotopic (exact) mass is 352 g/mol. The molecule has 0 radical (unpaired) electrons. The Hall–Kier alpha value is -2.47. The molecule has 0 atom stereocenters. The van der Waals surface area contributed by atoms with Crippen molar-refractivity contribution in [1.29, 1.82) is 0 Å². The third kappa shape index (κ3) is 3.35. The molecule has 2 aromatic carbocycles. The van der Waals surface area contributed by atoms with Crippen LogP contribution < -0.4 is 9.64 Å². The Kier molecular flexibility index (Phi) is 4.61. The van der Waals surface area contributed by atoms with E-state index >= 15 is 0 Å². The first-order chi connectivity index (χ1) is 12.3. The SMILES string of the molecule is CCOc1ccc(N2CCn3c(SCc4ccccc4)nnc32)cc1. The van der Waals surface area contributed by atoms with Gasteiger partial charge in [0.15, 0.2) is 5.16 Å². The highest BCUT2D eigenvalue weighted by Crippen LogP contribution is 2.33. The van der Waals surface area contributed by atoms with Crippen molar-refractivity contribution >= 4 is 23.4 Å². The van der Waals surface area contributed by atoms with Crippen LogP contribution >= 0.6 is 11.8 Å². The van der Waals surface area contributed by atoms with Crippen molar-refractivity contribution in [1.82, 2.24) is 14.8 Å². The van der Waals surface area contributed by atoms with Gasteiger partial charge >= 0.3 is 0 Å². The maximum Gasteiger partial charge on any atom is 0.232 e. The van der Waals surface area contributed by atoms with E-state index in [1.165, 1.54) is 5.56 Å². The highest BCUT2D eigenvalue weighted by molar-refractivity contribution is 7.98. The van der Waals surface area contributed by atoms with Crippen molar-refractivity contribution in [3.05, 3.63) is 60.2 Å². The minimum Gasteiger partial charge on any atom is -0.494 e. The van der Waals surface area contributed by atoms with Gasteiger partial charge in [0.2, 0.25) is 5.95 Å². The molecule has 0 unspecified atom stereocenters. The van der Waals surface area contributed by atoms with Gasteiger partial charge in [0.25, 0.3) is 0 Å². The Morgan fingerprint density at radius 3 is 2.56 bits per heavy atom. The van der Waals surface area contributed by atoms with E-state index in [0.717, 1.165) is 41.4 Å². The molecule has 0 N–H and O–H groups in total. The molecule has 0 aliphatic carbocycles. The summed E-state index contributed by atoms with van der Waals surface area (Å²) in [5.74, 6) is 2.72. The van der Waals surface area contributed by atoms with Crippen LogP contribution in [0.15, 0.2) is 59.8 Å². The summed E-state index contributed by atoms with van der Waals surface area (Å²) in [6.45, 7) is 4.50. The molecule has 1 aliphatic rings. The smallest absolute Gasteiger partial charge is 0.232 e. The molecule has 3 aromatic rings. The fourth-order valence-electron chi connectivity index (χ4n) is 2.94. The first-order valence-electron chi connectivity index (χ1n) is 8.45.